The standard InChI is InChI=1S/C7H12N4O.C2H6/c1-12-5-7-10-9-6-4-8-2-3-11(6)7;1-2/h8H,2-5H2,1H3;1-2H3. The van der Waals surface area contributed by atoms with Gasteiger partial charge < -0.3 is 14.6 Å². The number of nitrogens with one attached hydrogen (secondary N) is 1. The van der Waals surface area contributed by atoms with Crippen LogP contribution >= 0.6 is 0 Å². The number of ether oxygens (including phenoxy) is 1. The highest BCUT2D eigenvalue weighted by Gasteiger charge is 2.14. The van der Waals surface area contributed by atoms with Crippen molar-refractivity contribution in [1.82, 2.24) is 20.1 Å². The number of methoxy groups -OCH3 is 1. The second kappa shape index (κ2) is 5.72. The van der Waals surface area contributed by atoms with Gasteiger partial charge in [-0.05, 0) is 0 Å². The van der Waals surface area contributed by atoms with Crippen LogP contribution in [0.4, 0.5) is 0 Å². The predicted octanol–water partition coefficient (Wildman–Crippen LogP) is 0.554. The lowest BCUT2D eigenvalue weighted by Crippen LogP contribution is -2.29. The molecule has 0 unspecified atom stereocenters. The first kappa shape index (κ1) is 11.1. The van der Waals surface area contributed by atoms with E-state index in [1.54, 1.807) is 7.11 Å². The Morgan fingerprint density at radius 1 is 1.43 bits per heavy atom. The lowest BCUT2D eigenvalue weighted by molar-refractivity contribution is 0.173. The highest BCUT2D eigenvalue weighted by Crippen LogP contribution is 2.05. The Balaban J connectivity index is 0.000000461. The largest absolute Gasteiger partial charge is 0.377 e. The van der Waals surface area contributed by atoms with Gasteiger partial charge >= 0.3 is 0 Å². The SMILES string of the molecule is CC.COCc1nnc2n1CCNC2. The van der Waals surface area contributed by atoms with E-state index in [1.807, 2.05) is 13.8 Å². The summed E-state index contributed by atoms with van der Waals surface area (Å²) in [6.45, 7) is 7.30. The summed E-state index contributed by atoms with van der Waals surface area (Å²) in [4.78, 5) is 0. The minimum Gasteiger partial charge on any atom is -0.377 e. The van der Waals surface area contributed by atoms with Gasteiger partial charge in [0.2, 0.25) is 0 Å². The average molecular weight is 198 g/mol. The van der Waals surface area contributed by atoms with Crippen molar-refractivity contribution in [3.8, 4) is 0 Å². The fraction of sp³-hybridized carbons (Fsp3) is 0.778. The predicted molar refractivity (Wildman–Crippen MR) is 53.8 cm³/mol. The molecular formula is C9H18N4O. The van der Waals surface area contributed by atoms with Crippen LogP contribution in [0.3, 0.4) is 0 Å². The minimum atomic E-state index is 0.549. The van der Waals surface area contributed by atoms with Crippen molar-refractivity contribution >= 4 is 0 Å². The normalized spacial score (nSPS) is 14.2. The van der Waals surface area contributed by atoms with Gasteiger partial charge in [0.25, 0.3) is 0 Å². The summed E-state index contributed by atoms with van der Waals surface area (Å²) in [5, 5.41) is 11.3. The lowest BCUT2D eigenvalue weighted by Gasteiger charge is -2.15. The van der Waals surface area contributed by atoms with Crippen LogP contribution in [-0.2, 0) is 24.4 Å². The van der Waals surface area contributed by atoms with E-state index in [4.69, 9.17) is 4.74 Å². The zero-order valence-electron chi connectivity index (χ0n) is 9.08. The molecule has 5 nitrogen and oxygen atoms in total. The number of rotatable bonds is 2. The maximum atomic E-state index is 5.01. The third-order valence-electron chi connectivity index (χ3n) is 1.97. The van der Waals surface area contributed by atoms with Crippen molar-refractivity contribution in [1.29, 1.82) is 0 Å². The molecule has 0 saturated carbocycles. The molecule has 0 amide bonds. The minimum absolute atomic E-state index is 0.549. The first-order chi connectivity index (χ1) is 6.92. The van der Waals surface area contributed by atoms with Gasteiger partial charge in [0.05, 0.1) is 6.54 Å². The van der Waals surface area contributed by atoms with Crippen LogP contribution < -0.4 is 5.32 Å². The fourth-order valence-corrected chi connectivity index (χ4v) is 1.39. The highest BCUT2D eigenvalue weighted by atomic mass is 16.5. The summed E-state index contributed by atoms with van der Waals surface area (Å²) in [7, 11) is 1.67. The molecule has 0 radical (unpaired) electrons. The molecule has 14 heavy (non-hydrogen) atoms. The molecule has 0 saturated heterocycles. The zero-order valence-corrected chi connectivity index (χ0v) is 9.08. The maximum Gasteiger partial charge on any atom is 0.159 e. The van der Waals surface area contributed by atoms with Gasteiger partial charge in [-0.15, -0.1) is 10.2 Å². The van der Waals surface area contributed by atoms with Crippen molar-refractivity contribution in [2.24, 2.45) is 0 Å². The van der Waals surface area contributed by atoms with Gasteiger partial charge in [0.15, 0.2) is 5.82 Å². The molecule has 0 aliphatic carbocycles. The quantitative estimate of drug-likeness (QED) is 0.754. The van der Waals surface area contributed by atoms with E-state index in [2.05, 4.69) is 20.1 Å². The lowest BCUT2D eigenvalue weighted by atomic mass is 10.4. The van der Waals surface area contributed by atoms with Crippen LogP contribution in [0, 0.1) is 0 Å². The number of fused-ring (bicyclic) bond motifs is 1. The van der Waals surface area contributed by atoms with E-state index in [0.29, 0.717) is 6.61 Å². The molecule has 2 rings (SSSR count). The smallest absolute Gasteiger partial charge is 0.159 e. The van der Waals surface area contributed by atoms with Crippen LogP contribution in [0.1, 0.15) is 25.5 Å². The molecule has 2 heterocycles. The summed E-state index contributed by atoms with van der Waals surface area (Å²) in [6, 6.07) is 0. The third kappa shape index (κ3) is 2.30. The number of aromatic nitrogens is 3. The van der Waals surface area contributed by atoms with E-state index in [-0.39, 0.29) is 0 Å². The third-order valence-corrected chi connectivity index (χ3v) is 1.97. The van der Waals surface area contributed by atoms with Crippen molar-refractivity contribution < 1.29 is 4.74 Å². The molecular weight excluding hydrogens is 180 g/mol. The van der Waals surface area contributed by atoms with E-state index in [0.717, 1.165) is 31.3 Å². The molecule has 1 aliphatic rings. The van der Waals surface area contributed by atoms with Gasteiger partial charge in [-0.25, -0.2) is 0 Å². The molecule has 0 fully saturated rings. The summed E-state index contributed by atoms with van der Waals surface area (Å²) in [6.07, 6.45) is 0. The van der Waals surface area contributed by atoms with Crippen LogP contribution in [0.2, 0.25) is 0 Å². The highest BCUT2D eigenvalue weighted by molar-refractivity contribution is 4.97. The van der Waals surface area contributed by atoms with Crippen LogP contribution in [0.15, 0.2) is 0 Å². The number of hydrogen-bond acceptors (Lipinski definition) is 4. The zero-order chi connectivity index (χ0) is 10.4. The molecule has 80 valence electrons. The van der Waals surface area contributed by atoms with E-state index >= 15 is 0 Å². The molecule has 1 aromatic rings. The Kier molecular flexibility index (Phi) is 4.55. The number of nitrogens with zero attached hydrogens (tertiary/aromatic N) is 3. The Morgan fingerprint density at radius 2 is 2.21 bits per heavy atom. The molecule has 0 bridgehead atoms. The molecule has 1 aromatic heterocycles. The maximum absolute atomic E-state index is 5.01. The molecule has 0 spiro atoms. The van der Waals surface area contributed by atoms with Gasteiger partial charge in [-0.1, -0.05) is 13.8 Å². The van der Waals surface area contributed by atoms with E-state index in [1.165, 1.54) is 0 Å². The summed E-state index contributed by atoms with van der Waals surface area (Å²) in [5.41, 5.74) is 0. The molecule has 0 aromatic carbocycles. The van der Waals surface area contributed by atoms with Gasteiger partial charge in [-0.3, -0.25) is 0 Å². The molecule has 5 heteroatoms. The Hall–Kier alpha value is -0.940. The van der Waals surface area contributed by atoms with Crippen molar-refractivity contribution in [2.75, 3.05) is 13.7 Å². The van der Waals surface area contributed by atoms with Crippen LogP contribution in [0.25, 0.3) is 0 Å². The summed E-state index contributed by atoms with van der Waals surface area (Å²) < 4.78 is 7.12. The fourth-order valence-electron chi connectivity index (χ4n) is 1.39. The van der Waals surface area contributed by atoms with Crippen molar-refractivity contribution in [3.63, 3.8) is 0 Å². The van der Waals surface area contributed by atoms with Crippen LogP contribution in [-0.4, -0.2) is 28.4 Å². The second-order valence-electron chi connectivity index (χ2n) is 2.79. The molecule has 0 atom stereocenters. The van der Waals surface area contributed by atoms with Crippen LogP contribution in [0.5, 0.6) is 0 Å². The summed E-state index contributed by atoms with van der Waals surface area (Å²) >= 11 is 0. The molecule has 1 N–H and O–H groups in total. The first-order valence-corrected chi connectivity index (χ1v) is 5.02. The Bertz CT molecular complexity index is 272. The van der Waals surface area contributed by atoms with Gasteiger partial charge in [0, 0.05) is 20.2 Å². The topological polar surface area (TPSA) is 52.0 Å². The second-order valence-corrected chi connectivity index (χ2v) is 2.79. The van der Waals surface area contributed by atoms with E-state index < -0.39 is 0 Å². The van der Waals surface area contributed by atoms with E-state index in [9.17, 15) is 0 Å². The Labute approximate surface area is 84.5 Å². The van der Waals surface area contributed by atoms with Gasteiger partial charge in [-0.2, -0.15) is 0 Å². The first-order valence-electron chi connectivity index (χ1n) is 5.02. The summed E-state index contributed by atoms with van der Waals surface area (Å²) in [5.74, 6) is 1.93. The average Bonchev–Trinajstić information content (AvgIpc) is 2.66. The van der Waals surface area contributed by atoms with Gasteiger partial charge in [0.1, 0.15) is 12.4 Å². The number of hydrogen-bond donors (Lipinski definition) is 1. The van der Waals surface area contributed by atoms with Crippen molar-refractivity contribution in [3.05, 3.63) is 11.6 Å². The monoisotopic (exact) mass is 198 g/mol. The Morgan fingerprint density at radius 3 is 2.93 bits per heavy atom. The van der Waals surface area contributed by atoms with Crippen molar-refractivity contribution in [2.45, 2.75) is 33.5 Å². The molecule has 1 aliphatic heterocycles.